The summed E-state index contributed by atoms with van der Waals surface area (Å²) in [5.41, 5.74) is 0.773. The summed E-state index contributed by atoms with van der Waals surface area (Å²) in [6, 6.07) is 3.90. The molecule has 0 saturated carbocycles. The van der Waals surface area contributed by atoms with E-state index in [1.807, 2.05) is 26.0 Å². The standard InChI is InChI=1S/C11H11BrN2O2S/c1-6(2)14-5-7(11(15)16)10(13-14)8-3-4-9(12)17-8/h3-6H,1-2H3,(H,15,16). The van der Waals surface area contributed by atoms with Crippen molar-refractivity contribution >= 4 is 33.2 Å². The topological polar surface area (TPSA) is 55.1 Å². The highest BCUT2D eigenvalue weighted by Gasteiger charge is 2.19. The molecule has 0 aromatic carbocycles. The van der Waals surface area contributed by atoms with E-state index in [-0.39, 0.29) is 11.6 Å². The van der Waals surface area contributed by atoms with Crippen molar-refractivity contribution in [3.8, 4) is 10.6 Å². The minimum atomic E-state index is -0.948. The van der Waals surface area contributed by atoms with Crippen molar-refractivity contribution in [2.75, 3.05) is 0 Å². The number of rotatable bonds is 3. The second kappa shape index (κ2) is 4.62. The lowest BCUT2D eigenvalue weighted by Gasteiger charge is -2.02. The zero-order valence-electron chi connectivity index (χ0n) is 9.35. The Kier molecular flexibility index (Phi) is 3.35. The molecule has 90 valence electrons. The normalized spacial score (nSPS) is 11.1. The number of hydrogen-bond acceptors (Lipinski definition) is 3. The first-order chi connectivity index (χ1) is 7.99. The molecule has 6 heteroatoms. The number of aromatic carboxylic acids is 1. The molecule has 0 atom stereocenters. The second-order valence-electron chi connectivity index (χ2n) is 3.87. The van der Waals surface area contributed by atoms with Gasteiger partial charge in [0.25, 0.3) is 0 Å². The molecule has 2 rings (SSSR count). The van der Waals surface area contributed by atoms with Crippen molar-refractivity contribution in [3.05, 3.63) is 27.7 Å². The summed E-state index contributed by atoms with van der Waals surface area (Å²) in [7, 11) is 0. The van der Waals surface area contributed by atoms with E-state index in [0.29, 0.717) is 5.69 Å². The van der Waals surface area contributed by atoms with E-state index in [0.717, 1.165) is 8.66 Å². The SMILES string of the molecule is CC(C)n1cc(C(=O)O)c(-c2ccc(Br)s2)n1. The van der Waals surface area contributed by atoms with E-state index in [2.05, 4.69) is 21.0 Å². The Hall–Kier alpha value is -1.14. The average Bonchev–Trinajstić information content (AvgIpc) is 2.82. The number of halogens is 1. The first kappa shape index (κ1) is 12.3. The van der Waals surface area contributed by atoms with Gasteiger partial charge in [0, 0.05) is 12.2 Å². The molecular formula is C11H11BrN2O2S. The largest absolute Gasteiger partial charge is 0.478 e. The van der Waals surface area contributed by atoms with E-state index in [9.17, 15) is 4.79 Å². The smallest absolute Gasteiger partial charge is 0.339 e. The summed E-state index contributed by atoms with van der Waals surface area (Å²) >= 11 is 4.84. The van der Waals surface area contributed by atoms with Gasteiger partial charge in [-0.15, -0.1) is 11.3 Å². The van der Waals surface area contributed by atoms with Crippen molar-refractivity contribution in [1.29, 1.82) is 0 Å². The van der Waals surface area contributed by atoms with E-state index in [1.54, 1.807) is 10.9 Å². The fourth-order valence-corrected chi connectivity index (χ4v) is 2.82. The Balaban J connectivity index is 2.55. The van der Waals surface area contributed by atoms with Crippen LogP contribution in [0.5, 0.6) is 0 Å². The van der Waals surface area contributed by atoms with Crippen molar-refractivity contribution in [2.45, 2.75) is 19.9 Å². The highest BCUT2D eigenvalue weighted by atomic mass is 79.9. The number of carbonyl (C=O) groups is 1. The maximum absolute atomic E-state index is 11.2. The molecule has 17 heavy (non-hydrogen) atoms. The third-order valence-electron chi connectivity index (χ3n) is 2.30. The highest BCUT2D eigenvalue weighted by molar-refractivity contribution is 9.11. The number of hydrogen-bond donors (Lipinski definition) is 1. The predicted octanol–water partition coefficient (Wildman–Crippen LogP) is 3.65. The zero-order valence-corrected chi connectivity index (χ0v) is 11.7. The second-order valence-corrected chi connectivity index (χ2v) is 6.34. The highest BCUT2D eigenvalue weighted by Crippen LogP contribution is 2.32. The maximum atomic E-state index is 11.2. The van der Waals surface area contributed by atoms with Crippen LogP contribution in [-0.4, -0.2) is 20.9 Å². The molecule has 0 aliphatic heterocycles. The molecule has 0 radical (unpaired) electrons. The summed E-state index contributed by atoms with van der Waals surface area (Å²) in [6.45, 7) is 3.93. The van der Waals surface area contributed by atoms with Gasteiger partial charge in [-0.1, -0.05) is 0 Å². The van der Waals surface area contributed by atoms with E-state index in [1.165, 1.54) is 11.3 Å². The number of thiophene rings is 1. The summed E-state index contributed by atoms with van der Waals surface area (Å²) in [5, 5.41) is 13.5. The molecule has 4 nitrogen and oxygen atoms in total. The van der Waals surface area contributed by atoms with Crippen molar-refractivity contribution < 1.29 is 9.90 Å². The van der Waals surface area contributed by atoms with Crippen LogP contribution < -0.4 is 0 Å². The van der Waals surface area contributed by atoms with Crippen LogP contribution in [0.4, 0.5) is 0 Å². The van der Waals surface area contributed by atoms with E-state index >= 15 is 0 Å². The first-order valence-corrected chi connectivity index (χ1v) is 6.68. The molecule has 0 saturated heterocycles. The Morgan fingerprint density at radius 3 is 2.71 bits per heavy atom. The van der Waals surface area contributed by atoms with Gasteiger partial charge in [0.1, 0.15) is 11.3 Å². The van der Waals surface area contributed by atoms with Gasteiger partial charge in [0.05, 0.1) is 8.66 Å². The van der Waals surface area contributed by atoms with Gasteiger partial charge < -0.3 is 5.11 Å². The molecule has 2 aromatic rings. The molecule has 0 spiro atoms. The number of carboxylic acids is 1. The quantitative estimate of drug-likeness (QED) is 0.940. The lowest BCUT2D eigenvalue weighted by molar-refractivity contribution is 0.0697. The van der Waals surface area contributed by atoms with Crippen LogP contribution in [0.15, 0.2) is 22.1 Å². The molecule has 0 aliphatic carbocycles. The van der Waals surface area contributed by atoms with Gasteiger partial charge in [0.15, 0.2) is 0 Å². The number of aromatic nitrogens is 2. The zero-order chi connectivity index (χ0) is 12.6. The van der Waals surface area contributed by atoms with Gasteiger partial charge in [-0.3, -0.25) is 4.68 Å². The van der Waals surface area contributed by atoms with Crippen LogP contribution in [0.25, 0.3) is 10.6 Å². The monoisotopic (exact) mass is 314 g/mol. The molecular weight excluding hydrogens is 304 g/mol. The van der Waals surface area contributed by atoms with Gasteiger partial charge in [-0.2, -0.15) is 5.10 Å². The maximum Gasteiger partial charge on any atom is 0.339 e. The Morgan fingerprint density at radius 2 is 2.24 bits per heavy atom. The molecule has 0 aliphatic rings. The van der Waals surface area contributed by atoms with Crippen LogP contribution in [0.3, 0.4) is 0 Å². The minimum Gasteiger partial charge on any atom is -0.478 e. The molecule has 0 unspecified atom stereocenters. The molecule has 2 aromatic heterocycles. The molecule has 0 fully saturated rings. The Morgan fingerprint density at radius 1 is 1.53 bits per heavy atom. The minimum absolute atomic E-state index is 0.144. The summed E-state index contributed by atoms with van der Waals surface area (Å²) in [5.74, 6) is -0.948. The van der Waals surface area contributed by atoms with Crippen LogP contribution in [0.2, 0.25) is 0 Å². The van der Waals surface area contributed by atoms with E-state index < -0.39 is 5.97 Å². The van der Waals surface area contributed by atoms with Crippen molar-refractivity contribution in [3.63, 3.8) is 0 Å². The predicted molar refractivity (Wildman–Crippen MR) is 70.6 cm³/mol. The fourth-order valence-electron chi connectivity index (χ4n) is 1.44. The van der Waals surface area contributed by atoms with E-state index in [4.69, 9.17) is 5.11 Å². The van der Waals surface area contributed by atoms with Crippen LogP contribution in [0, 0.1) is 0 Å². The lowest BCUT2D eigenvalue weighted by atomic mass is 10.2. The molecule has 0 amide bonds. The third kappa shape index (κ3) is 2.42. The van der Waals surface area contributed by atoms with Gasteiger partial charge >= 0.3 is 5.97 Å². The van der Waals surface area contributed by atoms with Crippen molar-refractivity contribution in [1.82, 2.24) is 9.78 Å². The van der Waals surface area contributed by atoms with Gasteiger partial charge in [-0.05, 0) is 41.9 Å². The van der Waals surface area contributed by atoms with Crippen LogP contribution >= 0.6 is 27.3 Å². The van der Waals surface area contributed by atoms with Gasteiger partial charge in [-0.25, -0.2) is 4.79 Å². The van der Waals surface area contributed by atoms with Gasteiger partial charge in [0.2, 0.25) is 0 Å². The first-order valence-electron chi connectivity index (χ1n) is 5.07. The fraction of sp³-hybridized carbons (Fsp3) is 0.273. The lowest BCUT2D eigenvalue weighted by Crippen LogP contribution is -2.00. The Bertz CT molecular complexity index is 560. The molecule has 1 N–H and O–H groups in total. The molecule has 2 heterocycles. The summed E-state index contributed by atoms with van der Waals surface area (Å²) < 4.78 is 2.63. The summed E-state index contributed by atoms with van der Waals surface area (Å²) in [4.78, 5) is 12.0. The van der Waals surface area contributed by atoms with Crippen molar-refractivity contribution in [2.24, 2.45) is 0 Å². The molecule has 0 bridgehead atoms. The Labute approximate surface area is 111 Å². The number of carboxylic acid groups (broad SMARTS) is 1. The summed E-state index contributed by atoms with van der Waals surface area (Å²) in [6.07, 6.45) is 1.58. The average molecular weight is 315 g/mol. The number of nitrogens with zero attached hydrogens (tertiary/aromatic N) is 2. The van der Waals surface area contributed by atoms with Crippen LogP contribution in [-0.2, 0) is 0 Å². The third-order valence-corrected chi connectivity index (χ3v) is 3.93. The van der Waals surface area contributed by atoms with Crippen LogP contribution in [0.1, 0.15) is 30.2 Å².